The van der Waals surface area contributed by atoms with Crippen molar-refractivity contribution >= 4 is 10.4 Å². The molecule has 10 heteroatoms. The van der Waals surface area contributed by atoms with Gasteiger partial charge in [0, 0.05) is 0 Å². The van der Waals surface area contributed by atoms with Gasteiger partial charge in [-0.05, 0) is 0 Å². The maximum Gasteiger partial charge on any atom is 0.397 e. The summed E-state index contributed by atoms with van der Waals surface area (Å²) >= 11 is 0. The minimum atomic E-state index is -4.88. The molecule has 1 aliphatic rings. The van der Waals surface area contributed by atoms with E-state index in [0.29, 0.717) is 0 Å². The van der Waals surface area contributed by atoms with Crippen LogP contribution in [0, 0.1) is 0 Å². The number of rotatable bonds is 3. The van der Waals surface area contributed by atoms with Gasteiger partial charge < -0.3 is 25.2 Å². The summed E-state index contributed by atoms with van der Waals surface area (Å²) in [4.78, 5) is 0. The van der Waals surface area contributed by atoms with Gasteiger partial charge in [-0.2, -0.15) is 8.42 Å². The van der Waals surface area contributed by atoms with Crippen molar-refractivity contribution in [1.29, 1.82) is 0 Å². The first-order valence-corrected chi connectivity index (χ1v) is 5.59. The van der Waals surface area contributed by atoms with Crippen LogP contribution in [-0.4, -0.2) is 70.7 Å². The Morgan fingerprint density at radius 3 is 2.19 bits per heavy atom. The van der Waals surface area contributed by atoms with E-state index in [1.807, 2.05) is 0 Å². The van der Waals surface area contributed by atoms with E-state index >= 15 is 0 Å². The Balaban J connectivity index is 2.85. The maximum absolute atomic E-state index is 10.4. The fourth-order valence-electron chi connectivity index (χ4n) is 1.33. The second-order valence-electron chi connectivity index (χ2n) is 3.22. The largest absolute Gasteiger partial charge is 0.397 e. The van der Waals surface area contributed by atoms with Crippen LogP contribution in [0.4, 0.5) is 0 Å². The third kappa shape index (κ3) is 3.09. The van der Waals surface area contributed by atoms with E-state index in [1.165, 1.54) is 0 Å². The Morgan fingerprint density at radius 2 is 1.75 bits per heavy atom. The highest BCUT2D eigenvalue weighted by atomic mass is 32.3. The lowest BCUT2D eigenvalue weighted by Crippen LogP contribution is -2.59. The molecule has 1 heterocycles. The van der Waals surface area contributed by atoms with Crippen molar-refractivity contribution in [3.63, 3.8) is 0 Å². The molecule has 96 valence electrons. The summed E-state index contributed by atoms with van der Waals surface area (Å²) in [6.45, 7) is -0.777. The Hall–Kier alpha value is -0.330. The third-order valence-electron chi connectivity index (χ3n) is 2.07. The van der Waals surface area contributed by atoms with Crippen molar-refractivity contribution in [2.75, 3.05) is 6.61 Å². The molecule has 0 unspecified atom stereocenters. The molecule has 0 bridgehead atoms. The van der Waals surface area contributed by atoms with Gasteiger partial charge >= 0.3 is 10.4 Å². The molecule has 0 aromatic heterocycles. The van der Waals surface area contributed by atoms with Crippen molar-refractivity contribution in [1.82, 2.24) is 0 Å². The highest BCUT2D eigenvalue weighted by Crippen LogP contribution is 2.23. The molecule has 5 atom stereocenters. The minimum Gasteiger partial charge on any atom is -0.394 e. The van der Waals surface area contributed by atoms with Gasteiger partial charge in [-0.3, -0.25) is 4.55 Å². The Kier molecular flexibility index (Phi) is 4.20. The SMILES string of the molecule is O=S(=O)(O)O[C@H]1[C@H](O)[C@@H](O)[C@H](O)O[C@@H]1CO. The topological polar surface area (TPSA) is 154 Å². The molecular weight excluding hydrogens is 248 g/mol. The summed E-state index contributed by atoms with van der Waals surface area (Å²) in [7, 11) is -4.88. The molecule has 1 saturated heterocycles. The zero-order valence-electron chi connectivity index (χ0n) is 7.87. The van der Waals surface area contributed by atoms with Gasteiger partial charge in [0.25, 0.3) is 0 Å². The summed E-state index contributed by atoms with van der Waals surface area (Å²) in [5, 5.41) is 36.4. The highest BCUT2D eigenvalue weighted by Gasteiger charge is 2.46. The lowest BCUT2D eigenvalue weighted by molar-refractivity contribution is -0.282. The molecule has 0 aliphatic carbocycles. The van der Waals surface area contributed by atoms with Crippen molar-refractivity contribution in [2.45, 2.75) is 30.7 Å². The predicted molar refractivity (Wildman–Crippen MR) is 46.4 cm³/mol. The normalized spacial score (nSPS) is 40.9. The lowest BCUT2D eigenvalue weighted by atomic mass is 9.99. The Labute approximate surface area is 90.8 Å². The molecule has 0 saturated carbocycles. The van der Waals surface area contributed by atoms with Gasteiger partial charge in [0.2, 0.25) is 0 Å². The van der Waals surface area contributed by atoms with Crippen LogP contribution in [0.5, 0.6) is 0 Å². The zero-order valence-corrected chi connectivity index (χ0v) is 8.69. The van der Waals surface area contributed by atoms with Crippen LogP contribution in [0.15, 0.2) is 0 Å². The van der Waals surface area contributed by atoms with Gasteiger partial charge in [0.05, 0.1) is 6.61 Å². The quantitative estimate of drug-likeness (QED) is 0.327. The fourth-order valence-corrected chi connectivity index (χ4v) is 1.84. The van der Waals surface area contributed by atoms with E-state index in [-0.39, 0.29) is 0 Å². The molecule has 1 fully saturated rings. The number of aliphatic hydroxyl groups is 4. The van der Waals surface area contributed by atoms with E-state index in [1.54, 1.807) is 0 Å². The van der Waals surface area contributed by atoms with Crippen molar-refractivity contribution in [2.24, 2.45) is 0 Å². The van der Waals surface area contributed by atoms with Crippen molar-refractivity contribution in [3.8, 4) is 0 Å². The number of ether oxygens (including phenoxy) is 1. The van der Waals surface area contributed by atoms with Gasteiger partial charge in [-0.25, -0.2) is 4.18 Å². The summed E-state index contributed by atoms with van der Waals surface area (Å²) in [6, 6.07) is 0. The van der Waals surface area contributed by atoms with Crippen LogP contribution in [-0.2, 0) is 19.3 Å². The van der Waals surface area contributed by atoms with Gasteiger partial charge in [-0.15, -0.1) is 0 Å². The summed E-state index contributed by atoms with van der Waals surface area (Å²) in [5.41, 5.74) is 0. The van der Waals surface area contributed by atoms with Crippen LogP contribution < -0.4 is 0 Å². The molecule has 0 aromatic rings. The van der Waals surface area contributed by atoms with Crippen molar-refractivity contribution < 1.29 is 42.3 Å². The average molecular weight is 260 g/mol. The Bertz CT molecular complexity index is 325. The highest BCUT2D eigenvalue weighted by molar-refractivity contribution is 7.80. The molecule has 5 N–H and O–H groups in total. The second kappa shape index (κ2) is 4.89. The van der Waals surface area contributed by atoms with Crippen LogP contribution in [0.3, 0.4) is 0 Å². The molecule has 0 amide bonds. The maximum atomic E-state index is 10.4. The van der Waals surface area contributed by atoms with Crippen LogP contribution >= 0.6 is 0 Å². The zero-order chi connectivity index (χ0) is 12.5. The second-order valence-corrected chi connectivity index (χ2v) is 4.27. The summed E-state index contributed by atoms with van der Waals surface area (Å²) in [5.74, 6) is 0. The van der Waals surface area contributed by atoms with Crippen molar-refractivity contribution in [3.05, 3.63) is 0 Å². The van der Waals surface area contributed by atoms with E-state index < -0.39 is 47.7 Å². The monoisotopic (exact) mass is 260 g/mol. The lowest BCUT2D eigenvalue weighted by Gasteiger charge is -2.38. The van der Waals surface area contributed by atoms with Crippen LogP contribution in [0.1, 0.15) is 0 Å². The fraction of sp³-hybridized carbons (Fsp3) is 1.00. The number of hydrogen-bond acceptors (Lipinski definition) is 8. The van der Waals surface area contributed by atoms with Gasteiger partial charge in [0.1, 0.15) is 24.4 Å². The first-order valence-electron chi connectivity index (χ1n) is 4.22. The molecule has 0 aromatic carbocycles. The molecule has 0 radical (unpaired) electrons. The smallest absolute Gasteiger partial charge is 0.394 e. The van der Waals surface area contributed by atoms with Gasteiger partial charge in [0.15, 0.2) is 6.29 Å². The first-order chi connectivity index (χ1) is 7.26. The van der Waals surface area contributed by atoms with E-state index in [4.69, 9.17) is 19.9 Å². The molecule has 1 aliphatic heterocycles. The number of hydrogen-bond donors (Lipinski definition) is 5. The summed E-state index contributed by atoms with van der Waals surface area (Å²) in [6.07, 6.45) is -8.53. The summed E-state index contributed by atoms with van der Waals surface area (Å²) < 4.78 is 37.9. The molecular formula is C6H12O9S. The Morgan fingerprint density at radius 1 is 1.19 bits per heavy atom. The van der Waals surface area contributed by atoms with E-state index in [0.717, 1.165) is 0 Å². The van der Waals surface area contributed by atoms with Gasteiger partial charge in [-0.1, -0.05) is 0 Å². The molecule has 1 rings (SSSR count). The number of aliphatic hydroxyl groups excluding tert-OH is 4. The average Bonchev–Trinajstić information content (AvgIpc) is 2.17. The third-order valence-corrected chi connectivity index (χ3v) is 2.54. The standard InChI is InChI=1S/C6H12O9S/c7-1-2-5(15-16(11,12)13)3(8)4(9)6(10)14-2/h2-10H,1H2,(H,11,12,13)/t2-,3-,4-,5-,6-/m1/s1. The molecule has 0 spiro atoms. The first kappa shape index (κ1) is 13.7. The van der Waals surface area contributed by atoms with E-state index in [9.17, 15) is 13.5 Å². The minimum absolute atomic E-state index is 0.777. The van der Waals surface area contributed by atoms with Crippen LogP contribution in [0.2, 0.25) is 0 Å². The van der Waals surface area contributed by atoms with E-state index in [2.05, 4.69) is 8.92 Å². The van der Waals surface area contributed by atoms with Crippen LogP contribution in [0.25, 0.3) is 0 Å². The molecule has 9 nitrogen and oxygen atoms in total. The molecule has 16 heavy (non-hydrogen) atoms. The predicted octanol–water partition coefficient (Wildman–Crippen LogP) is -3.39.